The summed E-state index contributed by atoms with van der Waals surface area (Å²) in [4.78, 5) is 6.57. The summed E-state index contributed by atoms with van der Waals surface area (Å²) in [6, 6.07) is 4.21. The van der Waals surface area contributed by atoms with Gasteiger partial charge in [0.15, 0.2) is 0 Å². The average Bonchev–Trinajstić information content (AvgIpc) is 2.28. The minimum atomic E-state index is 1.14. The standard InChI is InChI=1S/C13H22N2/c1-3-10-15(11-4-2)12-7-13-5-8-14-9-6-13/h5-6,8-9H,3-4,7,10-12H2,1-2H3. The maximum atomic E-state index is 4.03. The predicted molar refractivity (Wildman–Crippen MR) is 65.0 cm³/mol. The van der Waals surface area contributed by atoms with E-state index in [1.807, 2.05) is 12.4 Å². The highest BCUT2D eigenvalue weighted by Crippen LogP contribution is 2.01. The molecule has 1 heterocycles. The zero-order valence-electron chi connectivity index (χ0n) is 9.95. The molecule has 0 unspecified atom stereocenters. The maximum Gasteiger partial charge on any atom is 0.0270 e. The highest BCUT2D eigenvalue weighted by Gasteiger charge is 2.02. The first kappa shape index (κ1) is 12.2. The van der Waals surface area contributed by atoms with E-state index in [0.717, 1.165) is 6.42 Å². The Morgan fingerprint density at radius 2 is 1.60 bits per heavy atom. The third-order valence-electron chi connectivity index (χ3n) is 2.55. The summed E-state index contributed by atoms with van der Waals surface area (Å²) < 4.78 is 0. The highest BCUT2D eigenvalue weighted by molar-refractivity contribution is 5.09. The number of nitrogens with zero attached hydrogens (tertiary/aromatic N) is 2. The molecule has 0 spiro atoms. The van der Waals surface area contributed by atoms with Crippen molar-refractivity contribution < 1.29 is 0 Å². The molecule has 0 aliphatic heterocycles. The average molecular weight is 206 g/mol. The van der Waals surface area contributed by atoms with Crippen LogP contribution in [-0.4, -0.2) is 29.5 Å². The Labute approximate surface area is 93.3 Å². The Hall–Kier alpha value is -0.890. The number of aromatic nitrogens is 1. The maximum absolute atomic E-state index is 4.03. The van der Waals surface area contributed by atoms with Crippen LogP contribution in [0.4, 0.5) is 0 Å². The summed E-state index contributed by atoms with van der Waals surface area (Å²) in [5.41, 5.74) is 1.39. The van der Waals surface area contributed by atoms with Crippen LogP contribution < -0.4 is 0 Å². The molecule has 0 saturated carbocycles. The van der Waals surface area contributed by atoms with Gasteiger partial charge in [0.2, 0.25) is 0 Å². The lowest BCUT2D eigenvalue weighted by molar-refractivity contribution is 0.278. The van der Waals surface area contributed by atoms with Crippen molar-refractivity contribution in [3.63, 3.8) is 0 Å². The SMILES string of the molecule is CCCN(CCC)CCc1ccncc1. The van der Waals surface area contributed by atoms with Gasteiger partial charge in [0.1, 0.15) is 0 Å². The molecule has 1 aromatic rings. The van der Waals surface area contributed by atoms with E-state index in [1.165, 1.54) is 38.0 Å². The largest absolute Gasteiger partial charge is 0.303 e. The molecule has 2 heteroatoms. The zero-order valence-corrected chi connectivity index (χ0v) is 9.95. The molecule has 0 amide bonds. The van der Waals surface area contributed by atoms with E-state index in [2.05, 4.69) is 35.9 Å². The van der Waals surface area contributed by atoms with Gasteiger partial charge in [-0.1, -0.05) is 13.8 Å². The van der Waals surface area contributed by atoms with Crippen LogP contribution in [0.3, 0.4) is 0 Å². The Morgan fingerprint density at radius 3 is 2.13 bits per heavy atom. The van der Waals surface area contributed by atoms with Crippen molar-refractivity contribution in [2.75, 3.05) is 19.6 Å². The molecule has 0 aromatic carbocycles. The molecule has 1 rings (SSSR count). The lowest BCUT2D eigenvalue weighted by Gasteiger charge is -2.20. The van der Waals surface area contributed by atoms with Gasteiger partial charge in [0.05, 0.1) is 0 Å². The summed E-state index contributed by atoms with van der Waals surface area (Å²) in [5.74, 6) is 0. The van der Waals surface area contributed by atoms with Crippen LogP contribution in [0.5, 0.6) is 0 Å². The topological polar surface area (TPSA) is 16.1 Å². The van der Waals surface area contributed by atoms with Crippen LogP contribution in [0.15, 0.2) is 24.5 Å². The van der Waals surface area contributed by atoms with Gasteiger partial charge >= 0.3 is 0 Å². The van der Waals surface area contributed by atoms with Crippen LogP contribution in [-0.2, 0) is 6.42 Å². The molecule has 0 atom stereocenters. The fraction of sp³-hybridized carbons (Fsp3) is 0.615. The molecule has 1 aromatic heterocycles. The van der Waals surface area contributed by atoms with Crippen LogP contribution in [0.2, 0.25) is 0 Å². The van der Waals surface area contributed by atoms with Gasteiger partial charge < -0.3 is 4.90 Å². The first-order valence-electron chi connectivity index (χ1n) is 5.98. The van der Waals surface area contributed by atoms with E-state index in [0.29, 0.717) is 0 Å². The third-order valence-corrected chi connectivity index (χ3v) is 2.55. The molecule has 84 valence electrons. The molecule has 0 saturated heterocycles. The Bertz CT molecular complexity index is 240. The van der Waals surface area contributed by atoms with E-state index in [-0.39, 0.29) is 0 Å². The summed E-state index contributed by atoms with van der Waals surface area (Å²) in [6.07, 6.45) is 7.38. The summed E-state index contributed by atoms with van der Waals surface area (Å²) >= 11 is 0. The molecule has 15 heavy (non-hydrogen) atoms. The smallest absolute Gasteiger partial charge is 0.0270 e. The number of pyridine rings is 1. The van der Waals surface area contributed by atoms with Gasteiger partial charge in [-0.25, -0.2) is 0 Å². The summed E-state index contributed by atoms with van der Waals surface area (Å²) in [5, 5.41) is 0. The van der Waals surface area contributed by atoms with E-state index in [4.69, 9.17) is 0 Å². The summed E-state index contributed by atoms with van der Waals surface area (Å²) in [6.45, 7) is 8.10. The Kier molecular flexibility index (Phi) is 6.02. The van der Waals surface area contributed by atoms with Crippen molar-refractivity contribution in [1.82, 2.24) is 9.88 Å². The first-order valence-corrected chi connectivity index (χ1v) is 5.98. The Balaban J connectivity index is 2.33. The van der Waals surface area contributed by atoms with E-state index < -0.39 is 0 Å². The lowest BCUT2D eigenvalue weighted by Crippen LogP contribution is -2.27. The highest BCUT2D eigenvalue weighted by atomic mass is 15.1. The minimum Gasteiger partial charge on any atom is -0.303 e. The first-order chi connectivity index (χ1) is 7.36. The summed E-state index contributed by atoms with van der Waals surface area (Å²) in [7, 11) is 0. The number of rotatable bonds is 7. The van der Waals surface area contributed by atoms with Crippen LogP contribution in [0.1, 0.15) is 32.3 Å². The lowest BCUT2D eigenvalue weighted by atomic mass is 10.2. The predicted octanol–water partition coefficient (Wildman–Crippen LogP) is 2.75. The van der Waals surface area contributed by atoms with Crippen LogP contribution in [0.25, 0.3) is 0 Å². The normalized spacial score (nSPS) is 10.9. The van der Waals surface area contributed by atoms with E-state index >= 15 is 0 Å². The van der Waals surface area contributed by atoms with Crippen molar-refractivity contribution >= 4 is 0 Å². The molecule has 0 bridgehead atoms. The minimum absolute atomic E-state index is 1.14. The van der Waals surface area contributed by atoms with Gasteiger partial charge in [-0.3, -0.25) is 4.98 Å². The number of hydrogen-bond acceptors (Lipinski definition) is 2. The fourth-order valence-electron chi connectivity index (χ4n) is 1.80. The third kappa shape index (κ3) is 4.93. The van der Waals surface area contributed by atoms with Crippen molar-refractivity contribution in [3.8, 4) is 0 Å². The van der Waals surface area contributed by atoms with E-state index in [9.17, 15) is 0 Å². The van der Waals surface area contributed by atoms with Gasteiger partial charge in [-0.2, -0.15) is 0 Å². The molecule has 0 aliphatic carbocycles. The van der Waals surface area contributed by atoms with Gasteiger partial charge in [0.25, 0.3) is 0 Å². The van der Waals surface area contributed by atoms with Crippen molar-refractivity contribution in [3.05, 3.63) is 30.1 Å². The van der Waals surface area contributed by atoms with E-state index in [1.54, 1.807) is 0 Å². The second-order valence-electron chi connectivity index (χ2n) is 3.95. The van der Waals surface area contributed by atoms with Gasteiger partial charge in [-0.15, -0.1) is 0 Å². The quantitative estimate of drug-likeness (QED) is 0.682. The second kappa shape index (κ2) is 7.41. The second-order valence-corrected chi connectivity index (χ2v) is 3.95. The molecule has 0 N–H and O–H groups in total. The van der Waals surface area contributed by atoms with Crippen molar-refractivity contribution in [2.45, 2.75) is 33.1 Å². The molecule has 0 fully saturated rings. The molecular weight excluding hydrogens is 184 g/mol. The molecule has 0 radical (unpaired) electrons. The van der Waals surface area contributed by atoms with Crippen LogP contribution >= 0.6 is 0 Å². The van der Waals surface area contributed by atoms with Gasteiger partial charge in [-0.05, 0) is 50.0 Å². The van der Waals surface area contributed by atoms with Gasteiger partial charge in [0, 0.05) is 18.9 Å². The molecule has 0 aliphatic rings. The zero-order chi connectivity index (χ0) is 10.9. The van der Waals surface area contributed by atoms with Crippen molar-refractivity contribution in [2.24, 2.45) is 0 Å². The number of hydrogen-bond donors (Lipinski definition) is 0. The Morgan fingerprint density at radius 1 is 1.00 bits per heavy atom. The molecule has 2 nitrogen and oxygen atoms in total. The van der Waals surface area contributed by atoms with Crippen LogP contribution in [0, 0.1) is 0 Å². The monoisotopic (exact) mass is 206 g/mol. The fourth-order valence-corrected chi connectivity index (χ4v) is 1.80. The van der Waals surface area contributed by atoms with Crippen molar-refractivity contribution in [1.29, 1.82) is 0 Å². The molecular formula is C13H22N2.